The van der Waals surface area contributed by atoms with Crippen molar-refractivity contribution in [3.63, 3.8) is 0 Å². The molecule has 0 heterocycles. The van der Waals surface area contributed by atoms with Crippen LogP contribution in [-0.4, -0.2) is 18.7 Å². The number of carbonyl (C=O) groups excluding carboxylic acids is 1. The highest BCUT2D eigenvalue weighted by Gasteiger charge is 2.06. The molecule has 0 aromatic heterocycles. The van der Waals surface area contributed by atoms with Gasteiger partial charge in [-0.1, -0.05) is 37.3 Å². The van der Waals surface area contributed by atoms with E-state index < -0.39 is 0 Å². The van der Waals surface area contributed by atoms with Crippen LogP contribution >= 0.6 is 0 Å². The molecule has 1 N–H and O–H groups in total. The van der Waals surface area contributed by atoms with E-state index in [1.165, 1.54) is 5.56 Å². The Morgan fingerprint density at radius 1 is 1.14 bits per heavy atom. The minimum atomic E-state index is -0.261. The first-order valence-corrected chi connectivity index (χ1v) is 7.22. The lowest BCUT2D eigenvalue weighted by Gasteiger charge is -2.05. The van der Waals surface area contributed by atoms with Crippen molar-refractivity contribution in [2.75, 3.05) is 7.11 Å². The normalized spacial score (nSPS) is 11.1. The summed E-state index contributed by atoms with van der Waals surface area (Å²) < 4.78 is 5.11. The molecule has 0 fully saturated rings. The van der Waals surface area contributed by atoms with Gasteiger partial charge in [0.05, 0.1) is 12.8 Å². The Morgan fingerprint density at radius 2 is 1.86 bits per heavy atom. The van der Waals surface area contributed by atoms with Crippen LogP contribution in [0.1, 0.15) is 35.3 Å². The van der Waals surface area contributed by atoms with E-state index >= 15 is 0 Å². The van der Waals surface area contributed by atoms with Crippen molar-refractivity contribution >= 4 is 11.6 Å². The minimum absolute atomic E-state index is 0.261. The molecule has 2 aromatic rings. The van der Waals surface area contributed by atoms with Crippen molar-refractivity contribution in [3.05, 3.63) is 65.2 Å². The summed E-state index contributed by atoms with van der Waals surface area (Å²) in [7, 11) is 1.57. The lowest BCUT2D eigenvalue weighted by Crippen LogP contribution is -2.19. The summed E-state index contributed by atoms with van der Waals surface area (Å²) in [6.07, 6.45) is 1.00. The fourth-order valence-electron chi connectivity index (χ4n) is 2.01. The highest BCUT2D eigenvalue weighted by Crippen LogP contribution is 2.12. The molecule has 0 bridgehead atoms. The molecule has 0 spiro atoms. The van der Waals surface area contributed by atoms with E-state index in [4.69, 9.17) is 4.74 Å². The van der Waals surface area contributed by atoms with Crippen molar-refractivity contribution < 1.29 is 9.53 Å². The third-order valence-electron chi connectivity index (χ3n) is 3.44. The molecule has 4 nitrogen and oxygen atoms in total. The van der Waals surface area contributed by atoms with Gasteiger partial charge < -0.3 is 4.74 Å². The van der Waals surface area contributed by atoms with Crippen LogP contribution in [0.2, 0.25) is 0 Å². The van der Waals surface area contributed by atoms with Gasteiger partial charge in [0.15, 0.2) is 0 Å². The number of nitrogens with zero attached hydrogens (tertiary/aromatic N) is 1. The molecule has 0 unspecified atom stereocenters. The van der Waals surface area contributed by atoms with Gasteiger partial charge in [-0.25, -0.2) is 5.43 Å². The van der Waals surface area contributed by atoms with Crippen LogP contribution in [-0.2, 0) is 6.42 Å². The summed E-state index contributed by atoms with van der Waals surface area (Å²) in [6.45, 7) is 3.98. The van der Waals surface area contributed by atoms with E-state index in [1.54, 1.807) is 31.4 Å². The maximum atomic E-state index is 12.1. The molecule has 0 radical (unpaired) electrons. The number of benzene rings is 2. The van der Waals surface area contributed by atoms with Gasteiger partial charge in [-0.3, -0.25) is 4.79 Å². The van der Waals surface area contributed by atoms with Crippen molar-refractivity contribution in [2.45, 2.75) is 20.3 Å². The molecular weight excluding hydrogens is 276 g/mol. The Morgan fingerprint density at radius 3 is 2.50 bits per heavy atom. The Balaban J connectivity index is 2.07. The van der Waals surface area contributed by atoms with Crippen molar-refractivity contribution in [1.82, 2.24) is 5.43 Å². The first-order valence-electron chi connectivity index (χ1n) is 7.22. The van der Waals surface area contributed by atoms with E-state index in [9.17, 15) is 4.79 Å². The van der Waals surface area contributed by atoms with E-state index in [2.05, 4.69) is 29.6 Å². The number of rotatable bonds is 5. The molecule has 2 rings (SSSR count). The first kappa shape index (κ1) is 15.8. The standard InChI is InChI=1S/C18H20N2O2/c1-4-14-8-10-15(11-9-14)13(2)19-20-18(21)16-6-5-7-17(12-16)22-3/h5-12H,4H2,1-3H3,(H,20,21)/b19-13+. The van der Waals surface area contributed by atoms with Gasteiger partial charge in [0.25, 0.3) is 5.91 Å². The topological polar surface area (TPSA) is 50.7 Å². The summed E-state index contributed by atoms with van der Waals surface area (Å²) in [5, 5.41) is 4.16. The number of hydrogen-bond acceptors (Lipinski definition) is 3. The van der Waals surface area contributed by atoms with E-state index in [0.717, 1.165) is 17.7 Å². The molecule has 0 aliphatic heterocycles. The molecule has 4 heteroatoms. The molecule has 22 heavy (non-hydrogen) atoms. The number of aryl methyl sites for hydroxylation is 1. The Hall–Kier alpha value is -2.62. The molecular formula is C18H20N2O2. The summed E-state index contributed by atoms with van der Waals surface area (Å²) in [5.74, 6) is 0.381. The lowest BCUT2D eigenvalue weighted by molar-refractivity contribution is 0.0954. The van der Waals surface area contributed by atoms with Crippen LogP contribution in [0.25, 0.3) is 0 Å². The summed E-state index contributed by atoms with van der Waals surface area (Å²) in [4.78, 5) is 12.1. The number of methoxy groups -OCH3 is 1. The number of hydrogen-bond donors (Lipinski definition) is 1. The van der Waals surface area contributed by atoms with Crippen LogP contribution in [0, 0.1) is 0 Å². The smallest absolute Gasteiger partial charge is 0.271 e. The van der Waals surface area contributed by atoms with Gasteiger partial charge in [0.2, 0.25) is 0 Å². The average molecular weight is 296 g/mol. The predicted molar refractivity (Wildman–Crippen MR) is 88.5 cm³/mol. The Kier molecular flexibility index (Phi) is 5.31. The number of hydrazone groups is 1. The largest absolute Gasteiger partial charge is 0.497 e. The molecule has 0 saturated carbocycles. The second-order valence-corrected chi connectivity index (χ2v) is 4.92. The van der Waals surface area contributed by atoms with Gasteiger partial charge in [-0.15, -0.1) is 0 Å². The summed E-state index contributed by atoms with van der Waals surface area (Å²) in [5.41, 5.74) is 6.11. The monoisotopic (exact) mass is 296 g/mol. The van der Waals surface area contributed by atoms with Gasteiger partial charge in [0.1, 0.15) is 5.75 Å². The quantitative estimate of drug-likeness (QED) is 0.679. The zero-order valence-corrected chi connectivity index (χ0v) is 13.1. The predicted octanol–water partition coefficient (Wildman–Crippen LogP) is 3.41. The maximum Gasteiger partial charge on any atom is 0.271 e. The highest BCUT2D eigenvalue weighted by atomic mass is 16.5. The van der Waals surface area contributed by atoms with Crippen molar-refractivity contribution in [3.8, 4) is 5.75 Å². The third-order valence-corrected chi connectivity index (χ3v) is 3.44. The van der Waals surface area contributed by atoms with Crippen molar-refractivity contribution in [2.24, 2.45) is 5.10 Å². The summed E-state index contributed by atoms with van der Waals surface area (Å²) >= 11 is 0. The molecule has 0 atom stereocenters. The molecule has 0 aliphatic rings. The second-order valence-electron chi connectivity index (χ2n) is 4.92. The van der Waals surface area contributed by atoms with Crippen LogP contribution < -0.4 is 10.2 Å². The van der Waals surface area contributed by atoms with Gasteiger partial charge in [-0.2, -0.15) is 5.10 Å². The van der Waals surface area contributed by atoms with E-state index in [-0.39, 0.29) is 5.91 Å². The SMILES string of the molecule is CCc1ccc(/C(C)=N/NC(=O)c2cccc(OC)c2)cc1. The molecule has 114 valence electrons. The number of amides is 1. The molecule has 1 amide bonds. The van der Waals surface area contributed by atoms with Gasteiger partial charge >= 0.3 is 0 Å². The lowest BCUT2D eigenvalue weighted by atomic mass is 10.1. The minimum Gasteiger partial charge on any atom is -0.497 e. The molecule has 0 aliphatic carbocycles. The van der Waals surface area contributed by atoms with Crippen LogP contribution in [0.15, 0.2) is 53.6 Å². The highest BCUT2D eigenvalue weighted by molar-refractivity contribution is 6.00. The zero-order chi connectivity index (χ0) is 15.9. The number of carbonyl (C=O) groups is 1. The van der Waals surface area contributed by atoms with Gasteiger partial charge in [0, 0.05) is 5.56 Å². The number of ether oxygens (including phenoxy) is 1. The molecule has 2 aromatic carbocycles. The Labute approximate surface area is 130 Å². The second kappa shape index (κ2) is 7.41. The molecule has 0 saturated heterocycles. The Bertz CT molecular complexity index is 676. The van der Waals surface area contributed by atoms with Crippen LogP contribution in [0.5, 0.6) is 5.75 Å². The third kappa shape index (κ3) is 3.95. The average Bonchev–Trinajstić information content (AvgIpc) is 2.59. The number of nitrogens with one attached hydrogen (secondary N) is 1. The van der Waals surface area contributed by atoms with Gasteiger partial charge in [-0.05, 0) is 42.7 Å². The summed E-state index contributed by atoms with van der Waals surface area (Å²) in [6, 6.07) is 15.1. The fourth-order valence-corrected chi connectivity index (χ4v) is 2.01. The van der Waals surface area contributed by atoms with Crippen LogP contribution in [0.3, 0.4) is 0 Å². The van der Waals surface area contributed by atoms with Crippen molar-refractivity contribution in [1.29, 1.82) is 0 Å². The van der Waals surface area contributed by atoms with E-state index in [1.807, 2.05) is 19.1 Å². The van der Waals surface area contributed by atoms with E-state index in [0.29, 0.717) is 11.3 Å². The fraction of sp³-hybridized carbons (Fsp3) is 0.222. The maximum absolute atomic E-state index is 12.1. The zero-order valence-electron chi connectivity index (χ0n) is 13.1. The first-order chi connectivity index (χ1) is 10.6. The van der Waals surface area contributed by atoms with Crippen LogP contribution in [0.4, 0.5) is 0 Å².